The Morgan fingerprint density at radius 3 is 1.83 bits per heavy atom. The van der Waals surface area contributed by atoms with E-state index >= 15 is 0 Å². The van der Waals surface area contributed by atoms with Crippen molar-refractivity contribution >= 4 is 0 Å². The molecule has 0 aliphatic heterocycles. The number of ether oxygens (including phenoxy) is 1. The van der Waals surface area contributed by atoms with Crippen LogP contribution in [0, 0.1) is 23.2 Å². The van der Waals surface area contributed by atoms with Crippen LogP contribution in [0.15, 0.2) is 0 Å². The summed E-state index contributed by atoms with van der Waals surface area (Å²) in [6, 6.07) is 0. The van der Waals surface area contributed by atoms with Crippen LogP contribution < -0.4 is 5.73 Å². The maximum absolute atomic E-state index is 6.64. The van der Waals surface area contributed by atoms with Crippen LogP contribution >= 0.6 is 0 Å². The van der Waals surface area contributed by atoms with Crippen LogP contribution in [0.3, 0.4) is 0 Å². The highest BCUT2D eigenvalue weighted by Gasteiger charge is 2.53. The summed E-state index contributed by atoms with van der Waals surface area (Å²) in [5.74, 6) is 2.86. The summed E-state index contributed by atoms with van der Waals surface area (Å²) < 4.78 is 6.64. The van der Waals surface area contributed by atoms with Gasteiger partial charge in [0.15, 0.2) is 0 Å². The van der Waals surface area contributed by atoms with Crippen molar-refractivity contribution in [2.24, 2.45) is 28.9 Å². The molecule has 0 spiro atoms. The Balaban J connectivity index is 1.75. The highest BCUT2D eigenvalue weighted by atomic mass is 16.5. The molecular weight excluding hydrogens is 222 g/mol. The predicted molar refractivity (Wildman–Crippen MR) is 74.3 cm³/mol. The topological polar surface area (TPSA) is 35.2 Å². The highest BCUT2D eigenvalue weighted by Crippen LogP contribution is 2.57. The van der Waals surface area contributed by atoms with Gasteiger partial charge in [-0.05, 0) is 61.7 Å². The minimum atomic E-state index is 0.165. The van der Waals surface area contributed by atoms with Crippen molar-refractivity contribution in [3.8, 4) is 0 Å². The molecule has 2 heteroatoms. The summed E-state index contributed by atoms with van der Waals surface area (Å²) in [6.45, 7) is 7.42. The Labute approximate surface area is 112 Å². The SMILES string of the molecule is CC(C)(C)C(CN)OC12CC3CC(CC(C3)C1)C2. The molecule has 4 bridgehead atoms. The molecule has 4 rings (SSSR count). The van der Waals surface area contributed by atoms with Crippen LogP contribution in [0.1, 0.15) is 59.3 Å². The Morgan fingerprint density at radius 1 is 1.06 bits per heavy atom. The first-order chi connectivity index (χ1) is 8.40. The lowest BCUT2D eigenvalue weighted by atomic mass is 9.54. The third-order valence-corrected chi connectivity index (χ3v) is 5.55. The van der Waals surface area contributed by atoms with Gasteiger partial charge in [0.25, 0.3) is 0 Å². The molecule has 0 saturated heterocycles. The molecule has 0 aromatic carbocycles. The van der Waals surface area contributed by atoms with Crippen LogP contribution in [0.25, 0.3) is 0 Å². The van der Waals surface area contributed by atoms with E-state index in [-0.39, 0.29) is 17.1 Å². The van der Waals surface area contributed by atoms with Gasteiger partial charge >= 0.3 is 0 Å². The van der Waals surface area contributed by atoms with Gasteiger partial charge in [0.2, 0.25) is 0 Å². The van der Waals surface area contributed by atoms with Crippen LogP contribution in [0.4, 0.5) is 0 Å². The van der Waals surface area contributed by atoms with E-state index in [4.69, 9.17) is 10.5 Å². The molecule has 104 valence electrons. The lowest BCUT2D eigenvalue weighted by Crippen LogP contribution is -2.55. The van der Waals surface area contributed by atoms with Gasteiger partial charge in [-0.15, -0.1) is 0 Å². The third kappa shape index (κ3) is 2.22. The van der Waals surface area contributed by atoms with Crippen LogP contribution in [0.5, 0.6) is 0 Å². The molecule has 0 radical (unpaired) electrons. The van der Waals surface area contributed by atoms with Crippen molar-refractivity contribution in [2.75, 3.05) is 6.54 Å². The van der Waals surface area contributed by atoms with Gasteiger partial charge in [-0.2, -0.15) is 0 Å². The molecule has 4 fully saturated rings. The minimum absolute atomic E-state index is 0.165. The van der Waals surface area contributed by atoms with E-state index in [1.54, 1.807) is 0 Å². The highest BCUT2D eigenvalue weighted by molar-refractivity contribution is 5.04. The summed E-state index contributed by atoms with van der Waals surface area (Å²) in [7, 11) is 0. The summed E-state index contributed by atoms with van der Waals surface area (Å²) in [5.41, 5.74) is 6.33. The smallest absolute Gasteiger partial charge is 0.0752 e. The number of rotatable bonds is 3. The number of nitrogens with two attached hydrogens (primary N) is 1. The average Bonchev–Trinajstić information content (AvgIpc) is 2.22. The zero-order chi connectivity index (χ0) is 13.0. The second-order valence-electron chi connectivity index (χ2n) is 8.31. The lowest BCUT2D eigenvalue weighted by Gasteiger charge is -2.57. The van der Waals surface area contributed by atoms with Crippen molar-refractivity contribution in [3.05, 3.63) is 0 Å². The summed E-state index contributed by atoms with van der Waals surface area (Å²) >= 11 is 0. The van der Waals surface area contributed by atoms with E-state index < -0.39 is 0 Å². The average molecular weight is 251 g/mol. The van der Waals surface area contributed by atoms with Gasteiger partial charge < -0.3 is 10.5 Å². The van der Waals surface area contributed by atoms with Crippen molar-refractivity contribution in [3.63, 3.8) is 0 Å². The van der Waals surface area contributed by atoms with Crippen LogP contribution in [-0.4, -0.2) is 18.2 Å². The van der Waals surface area contributed by atoms with Gasteiger partial charge in [-0.1, -0.05) is 20.8 Å². The molecule has 0 heterocycles. The predicted octanol–water partition coefficient (Wildman–Crippen LogP) is 3.35. The molecule has 4 saturated carbocycles. The molecule has 0 amide bonds. The molecule has 0 aromatic rings. The second-order valence-corrected chi connectivity index (χ2v) is 8.31. The van der Waals surface area contributed by atoms with Crippen molar-refractivity contribution in [1.82, 2.24) is 0 Å². The molecule has 18 heavy (non-hydrogen) atoms. The summed E-state index contributed by atoms with van der Waals surface area (Å²) in [6.07, 6.45) is 8.58. The fourth-order valence-corrected chi connectivity index (χ4v) is 5.06. The van der Waals surface area contributed by atoms with Crippen molar-refractivity contribution in [2.45, 2.75) is 71.0 Å². The van der Waals surface area contributed by atoms with Gasteiger partial charge in [0.1, 0.15) is 0 Å². The van der Waals surface area contributed by atoms with Crippen molar-refractivity contribution < 1.29 is 4.74 Å². The van der Waals surface area contributed by atoms with E-state index in [9.17, 15) is 0 Å². The van der Waals surface area contributed by atoms with E-state index in [0.29, 0.717) is 6.54 Å². The third-order valence-electron chi connectivity index (χ3n) is 5.55. The number of hydrogen-bond donors (Lipinski definition) is 1. The van der Waals surface area contributed by atoms with Crippen LogP contribution in [-0.2, 0) is 4.74 Å². The fraction of sp³-hybridized carbons (Fsp3) is 1.00. The molecule has 4 aliphatic rings. The molecular formula is C16H29NO. The quantitative estimate of drug-likeness (QED) is 0.835. The first-order valence-corrected chi connectivity index (χ1v) is 7.78. The lowest BCUT2D eigenvalue weighted by molar-refractivity contribution is -0.204. The molecule has 2 nitrogen and oxygen atoms in total. The fourth-order valence-electron chi connectivity index (χ4n) is 5.06. The maximum atomic E-state index is 6.64. The maximum Gasteiger partial charge on any atom is 0.0752 e. The molecule has 2 N–H and O–H groups in total. The largest absolute Gasteiger partial charge is 0.370 e. The van der Waals surface area contributed by atoms with Crippen molar-refractivity contribution in [1.29, 1.82) is 0 Å². The van der Waals surface area contributed by atoms with E-state index in [1.807, 2.05) is 0 Å². The van der Waals surface area contributed by atoms with E-state index in [0.717, 1.165) is 17.8 Å². The second kappa shape index (κ2) is 4.21. The summed E-state index contributed by atoms with van der Waals surface area (Å²) in [5, 5.41) is 0. The molecule has 0 aromatic heterocycles. The molecule has 1 unspecified atom stereocenters. The first kappa shape index (κ1) is 12.9. The van der Waals surface area contributed by atoms with Crippen LogP contribution in [0.2, 0.25) is 0 Å². The monoisotopic (exact) mass is 251 g/mol. The standard InChI is InChI=1S/C16H29NO/c1-15(2,3)14(10-17)18-16-7-11-4-12(8-16)6-13(5-11)9-16/h11-14H,4-10,17H2,1-3H3. The number of hydrogen-bond acceptors (Lipinski definition) is 2. The van der Waals surface area contributed by atoms with Gasteiger partial charge in [-0.3, -0.25) is 0 Å². The minimum Gasteiger partial charge on any atom is -0.370 e. The normalized spacial score (nSPS) is 44.3. The van der Waals surface area contributed by atoms with Gasteiger partial charge in [0.05, 0.1) is 11.7 Å². The Morgan fingerprint density at radius 2 is 1.50 bits per heavy atom. The van der Waals surface area contributed by atoms with E-state index in [2.05, 4.69) is 20.8 Å². The zero-order valence-electron chi connectivity index (χ0n) is 12.2. The zero-order valence-corrected chi connectivity index (χ0v) is 12.2. The Bertz CT molecular complexity index is 282. The van der Waals surface area contributed by atoms with Gasteiger partial charge in [-0.25, -0.2) is 0 Å². The molecule has 4 aliphatic carbocycles. The Kier molecular flexibility index (Phi) is 3.02. The van der Waals surface area contributed by atoms with Gasteiger partial charge in [0, 0.05) is 6.54 Å². The van der Waals surface area contributed by atoms with E-state index in [1.165, 1.54) is 38.5 Å². The first-order valence-electron chi connectivity index (χ1n) is 7.78. The Hall–Kier alpha value is -0.0800. The molecule has 1 atom stereocenters. The summed E-state index contributed by atoms with van der Waals surface area (Å²) in [4.78, 5) is 0.